The molecule has 0 spiro atoms. The second-order valence-corrected chi connectivity index (χ2v) is 6.23. The molecule has 2 rings (SSSR count). The van der Waals surface area contributed by atoms with Crippen molar-refractivity contribution in [3.05, 3.63) is 37.8 Å². The van der Waals surface area contributed by atoms with Gasteiger partial charge in [-0.05, 0) is 32.6 Å². The lowest BCUT2D eigenvalue weighted by Gasteiger charge is -2.17. The molecule has 1 amide bonds. The Bertz CT molecular complexity index is 826. The SMILES string of the molecule is CCn1nc(C)c(CN(C)C(=O)Cn2nc([N+](=O)[O-])c(Cl)c2C)c1C. The summed E-state index contributed by atoms with van der Waals surface area (Å²) in [5.74, 6) is -0.661. The molecule has 0 bridgehead atoms. The number of aromatic nitrogens is 4. The van der Waals surface area contributed by atoms with Gasteiger partial charge in [-0.25, -0.2) is 0 Å². The van der Waals surface area contributed by atoms with Crippen molar-refractivity contribution in [3.8, 4) is 0 Å². The molecule has 2 heterocycles. The van der Waals surface area contributed by atoms with Crippen LogP contribution in [0, 0.1) is 30.9 Å². The first kappa shape index (κ1) is 18.9. The van der Waals surface area contributed by atoms with E-state index in [9.17, 15) is 14.9 Å². The van der Waals surface area contributed by atoms with Crippen LogP contribution in [-0.4, -0.2) is 42.3 Å². The Morgan fingerprint density at radius 2 is 1.88 bits per heavy atom. The number of carbonyl (C=O) groups excluding carboxylic acids is 1. The van der Waals surface area contributed by atoms with Gasteiger partial charge in [-0.2, -0.15) is 9.78 Å². The fourth-order valence-electron chi connectivity index (χ4n) is 2.62. The van der Waals surface area contributed by atoms with E-state index in [0.717, 1.165) is 23.5 Å². The Morgan fingerprint density at radius 1 is 1.24 bits per heavy atom. The number of halogens is 1. The zero-order chi connectivity index (χ0) is 18.9. The van der Waals surface area contributed by atoms with Crippen LogP contribution < -0.4 is 0 Å². The summed E-state index contributed by atoms with van der Waals surface area (Å²) in [6.45, 7) is 8.54. The van der Waals surface area contributed by atoms with Crippen LogP contribution in [0.2, 0.25) is 5.02 Å². The zero-order valence-electron chi connectivity index (χ0n) is 14.9. The minimum atomic E-state index is -0.661. The maximum atomic E-state index is 12.5. The van der Waals surface area contributed by atoms with E-state index >= 15 is 0 Å². The first-order valence-electron chi connectivity index (χ1n) is 7.81. The van der Waals surface area contributed by atoms with E-state index in [4.69, 9.17) is 11.6 Å². The van der Waals surface area contributed by atoms with Gasteiger partial charge in [0.1, 0.15) is 6.54 Å². The first-order valence-corrected chi connectivity index (χ1v) is 8.19. The Balaban J connectivity index is 2.15. The van der Waals surface area contributed by atoms with Crippen molar-refractivity contribution >= 4 is 23.3 Å². The predicted octanol–water partition coefficient (Wildman–Crippen LogP) is 2.24. The third kappa shape index (κ3) is 3.65. The van der Waals surface area contributed by atoms with Crippen LogP contribution in [-0.2, 0) is 24.4 Å². The molecule has 2 aromatic rings. The summed E-state index contributed by atoms with van der Waals surface area (Å²) in [6.07, 6.45) is 0. The molecule has 0 N–H and O–H groups in total. The monoisotopic (exact) mass is 368 g/mol. The maximum absolute atomic E-state index is 12.5. The molecule has 0 saturated carbocycles. The molecular formula is C15H21ClN6O3. The standard InChI is InChI=1S/C15H21ClN6O3/c1-6-20-10(3)12(9(2)17-20)7-19(5)13(23)8-21-11(4)14(16)15(18-21)22(24)25/h6-8H2,1-5H3. The minimum absolute atomic E-state index is 0.0450. The number of aryl methyl sites for hydroxylation is 2. The third-order valence-corrected chi connectivity index (χ3v) is 4.67. The lowest BCUT2D eigenvalue weighted by atomic mass is 10.2. The molecule has 0 fully saturated rings. The van der Waals surface area contributed by atoms with E-state index in [1.807, 2.05) is 25.5 Å². The highest BCUT2D eigenvalue weighted by molar-refractivity contribution is 6.33. The molecule has 0 aliphatic rings. The molecule has 0 aliphatic heterocycles. The smallest absolute Gasteiger partial charge is 0.358 e. The predicted molar refractivity (Wildman–Crippen MR) is 92.5 cm³/mol. The Hall–Kier alpha value is -2.42. The van der Waals surface area contributed by atoms with Crippen LogP contribution in [0.1, 0.15) is 29.6 Å². The summed E-state index contributed by atoms with van der Waals surface area (Å²) in [5, 5.41) is 19.1. The second kappa shape index (κ2) is 7.22. The van der Waals surface area contributed by atoms with Gasteiger partial charge in [0, 0.05) is 31.4 Å². The Labute approximate surface area is 150 Å². The van der Waals surface area contributed by atoms with E-state index < -0.39 is 10.7 Å². The summed E-state index contributed by atoms with van der Waals surface area (Å²) < 4.78 is 3.15. The first-order chi connectivity index (χ1) is 11.7. The van der Waals surface area contributed by atoms with Crippen molar-refractivity contribution in [2.45, 2.75) is 47.3 Å². The van der Waals surface area contributed by atoms with Crippen LogP contribution >= 0.6 is 11.6 Å². The molecule has 10 heteroatoms. The topological polar surface area (TPSA) is 99.1 Å². The van der Waals surface area contributed by atoms with Crippen LogP contribution in [0.4, 0.5) is 5.82 Å². The third-order valence-electron chi connectivity index (χ3n) is 4.23. The largest absolute Gasteiger partial charge is 0.408 e. The normalized spacial score (nSPS) is 11.0. The number of rotatable bonds is 6. The van der Waals surface area contributed by atoms with Crippen molar-refractivity contribution in [2.24, 2.45) is 0 Å². The van der Waals surface area contributed by atoms with Gasteiger partial charge >= 0.3 is 5.82 Å². The molecule has 0 radical (unpaired) electrons. The average Bonchev–Trinajstić information content (AvgIpc) is 2.99. The minimum Gasteiger partial charge on any atom is -0.358 e. The summed E-state index contributed by atoms with van der Waals surface area (Å²) in [5.41, 5.74) is 3.29. The molecule has 9 nitrogen and oxygen atoms in total. The van der Waals surface area contributed by atoms with E-state index in [0.29, 0.717) is 12.2 Å². The number of hydrogen-bond acceptors (Lipinski definition) is 5. The van der Waals surface area contributed by atoms with Gasteiger partial charge in [0.2, 0.25) is 5.91 Å². The van der Waals surface area contributed by atoms with Crippen LogP contribution in [0.3, 0.4) is 0 Å². The molecule has 25 heavy (non-hydrogen) atoms. The maximum Gasteiger partial charge on any atom is 0.408 e. The van der Waals surface area contributed by atoms with Crippen molar-refractivity contribution in [2.75, 3.05) is 7.05 Å². The number of likely N-dealkylation sites (N-methyl/N-ethyl adjacent to an activating group) is 1. The van der Waals surface area contributed by atoms with Gasteiger partial charge in [-0.1, -0.05) is 11.6 Å². The lowest BCUT2D eigenvalue weighted by Crippen LogP contribution is -2.30. The number of nitrogens with zero attached hydrogens (tertiary/aromatic N) is 6. The van der Waals surface area contributed by atoms with Gasteiger partial charge in [0.25, 0.3) is 0 Å². The van der Waals surface area contributed by atoms with Gasteiger partial charge < -0.3 is 15.0 Å². The highest BCUT2D eigenvalue weighted by atomic mass is 35.5. The van der Waals surface area contributed by atoms with E-state index in [-0.39, 0.29) is 17.5 Å². The number of hydrogen-bond donors (Lipinski definition) is 0. The highest BCUT2D eigenvalue weighted by Gasteiger charge is 2.26. The van der Waals surface area contributed by atoms with Crippen molar-refractivity contribution in [1.29, 1.82) is 0 Å². The Morgan fingerprint density at radius 3 is 2.36 bits per heavy atom. The highest BCUT2D eigenvalue weighted by Crippen LogP contribution is 2.26. The second-order valence-electron chi connectivity index (χ2n) is 5.85. The quantitative estimate of drug-likeness (QED) is 0.575. The van der Waals surface area contributed by atoms with Crippen molar-refractivity contribution < 1.29 is 9.72 Å². The molecule has 0 saturated heterocycles. The fraction of sp³-hybridized carbons (Fsp3) is 0.533. The summed E-state index contributed by atoms with van der Waals surface area (Å²) in [4.78, 5) is 24.3. The lowest BCUT2D eigenvalue weighted by molar-refractivity contribution is -0.389. The fourth-order valence-corrected chi connectivity index (χ4v) is 2.83. The van der Waals surface area contributed by atoms with Crippen molar-refractivity contribution in [1.82, 2.24) is 24.5 Å². The summed E-state index contributed by atoms with van der Waals surface area (Å²) in [6, 6.07) is 0. The van der Waals surface area contributed by atoms with Crippen LogP contribution in [0.5, 0.6) is 0 Å². The van der Waals surface area contributed by atoms with Crippen LogP contribution in [0.25, 0.3) is 0 Å². The van der Waals surface area contributed by atoms with Crippen LogP contribution in [0.15, 0.2) is 0 Å². The molecule has 0 atom stereocenters. The molecule has 136 valence electrons. The summed E-state index contributed by atoms with van der Waals surface area (Å²) >= 11 is 5.90. The van der Waals surface area contributed by atoms with Gasteiger partial charge in [-0.15, -0.1) is 0 Å². The van der Waals surface area contributed by atoms with E-state index in [1.54, 1.807) is 18.9 Å². The van der Waals surface area contributed by atoms with E-state index in [2.05, 4.69) is 10.2 Å². The van der Waals surface area contributed by atoms with E-state index in [1.165, 1.54) is 4.68 Å². The Kier molecular flexibility index (Phi) is 5.46. The number of nitro groups is 1. The average molecular weight is 369 g/mol. The zero-order valence-corrected chi connectivity index (χ0v) is 15.7. The molecule has 0 aromatic carbocycles. The molecule has 2 aromatic heterocycles. The van der Waals surface area contributed by atoms with Crippen molar-refractivity contribution in [3.63, 3.8) is 0 Å². The van der Waals surface area contributed by atoms with Gasteiger partial charge in [0.15, 0.2) is 5.02 Å². The summed E-state index contributed by atoms with van der Waals surface area (Å²) in [7, 11) is 1.68. The number of amides is 1. The van der Waals surface area contributed by atoms with Gasteiger partial charge in [0.05, 0.1) is 16.5 Å². The number of carbonyl (C=O) groups is 1. The molecule has 0 aliphatic carbocycles. The molecular weight excluding hydrogens is 348 g/mol. The van der Waals surface area contributed by atoms with Gasteiger partial charge in [-0.3, -0.25) is 9.48 Å². The molecule has 0 unspecified atom stereocenters.